The van der Waals surface area contributed by atoms with Crippen molar-refractivity contribution in [2.24, 2.45) is 4.99 Å². The van der Waals surface area contributed by atoms with Gasteiger partial charge >= 0.3 is 0 Å². The van der Waals surface area contributed by atoms with Crippen LogP contribution in [0.2, 0.25) is 0 Å². The first-order chi connectivity index (χ1) is 8.98. The Morgan fingerprint density at radius 1 is 1.63 bits per heavy atom. The van der Waals surface area contributed by atoms with Gasteiger partial charge in [-0.2, -0.15) is 23.8 Å². The normalized spacial score (nSPS) is 11.6. The first-order valence-electron chi connectivity index (χ1n) is 5.42. The lowest BCUT2D eigenvalue weighted by molar-refractivity contribution is 0.297. The Bertz CT molecular complexity index is 585. The van der Waals surface area contributed by atoms with E-state index in [2.05, 4.69) is 14.3 Å². The molecule has 1 aromatic rings. The van der Waals surface area contributed by atoms with Crippen LogP contribution in [0.1, 0.15) is 12.5 Å². The molecule has 9 heteroatoms. The van der Waals surface area contributed by atoms with E-state index >= 15 is 0 Å². The van der Waals surface area contributed by atoms with Crippen molar-refractivity contribution in [2.45, 2.75) is 13.5 Å². The molecular weight excluding hydrogens is 272 g/mol. The summed E-state index contributed by atoms with van der Waals surface area (Å²) in [6.07, 6.45) is 3.52. The summed E-state index contributed by atoms with van der Waals surface area (Å²) in [5.74, 6) is 0.299. The smallest absolute Gasteiger partial charge is 0.264 e. The van der Waals surface area contributed by atoms with Gasteiger partial charge in [-0.3, -0.25) is 4.18 Å². The summed E-state index contributed by atoms with van der Waals surface area (Å²) >= 11 is 0. The fourth-order valence-electron chi connectivity index (χ4n) is 1.19. The second kappa shape index (κ2) is 6.86. The molecule has 1 rings (SSSR count). The molecule has 19 heavy (non-hydrogen) atoms. The van der Waals surface area contributed by atoms with Crippen LogP contribution in [0.5, 0.6) is 0 Å². The molecule has 0 saturated heterocycles. The average Bonchev–Trinajstić information content (AvgIpc) is 2.71. The van der Waals surface area contributed by atoms with E-state index in [4.69, 9.17) is 10.00 Å². The van der Waals surface area contributed by atoms with Crippen LogP contribution in [0.25, 0.3) is 0 Å². The van der Waals surface area contributed by atoms with Crippen LogP contribution in [0.4, 0.5) is 5.82 Å². The van der Waals surface area contributed by atoms with Crippen LogP contribution in [0.15, 0.2) is 11.2 Å². The molecule has 8 nitrogen and oxygen atoms in total. The molecular formula is C10H14N4O4S. The lowest BCUT2D eigenvalue weighted by Crippen LogP contribution is -2.11. The first kappa shape index (κ1) is 15.1. The highest BCUT2D eigenvalue weighted by Crippen LogP contribution is 2.17. The van der Waals surface area contributed by atoms with E-state index < -0.39 is 10.1 Å². The number of nitriles is 1. The third kappa shape index (κ3) is 5.07. The number of aromatic nitrogens is 2. The Hall–Kier alpha value is -1.92. The van der Waals surface area contributed by atoms with Gasteiger partial charge in [0.15, 0.2) is 12.2 Å². The van der Waals surface area contributed by atoms with Gasteiger partial charge in [0.25, 0.3) is 10.1 Å². The molecule has 0 aliphatic rings. The van der Waals surface area contributed by atoms with Gasteiger partial charge in [0.2, 0.25) is 0 Å². The maximum atomic E-state index is 10.8. The van der Waals surface area contributed by atoms with E-state index in [1.807, 2.05) is 6.07 Å². The van der Waals surface area contributed by atoms with E-state index in [-0.39, 0.29) is 18.7 Å². The number of ether oxygens (including phenoxy) is 1. The molecule has 0 bridgehead atoms. The highest BCUT2D eigenvalue weighted by molar-refractivity contribution is 7.85. The van der Waals surface area contributed by atoms with E-state index in [0.29, 0.717) is 12.4 Å². The van der Waals surface area contributed by atoms with Gasteiger partial charge in [0.1, 0.15) is 11.6 Å². The van der Waals surface area contributed by atoms with E-state index in [9.17, 15) is 8.42 Å². The van der Waals surface area contributed by atoms with Gasteiger partial charge < -0.3 is 4.74 Å². The number of rotatable bonds is 7. The molecule has 0 unspecified atom stereocenters. The van der Waals surface area contributed by atoms with Gasteiger partial charge in [0.05, 0.1) is 32.2 Å². The zero-order chi connectivity index (χ0) is 14.3. The number of hydrogen-bond acceptors (Lipinski definition) is 7. The van der Waals surface area contributed by atoms with E-state index in [0.717, 1.165) is 6.26 Å². The highest BCUT2D eigenvalue weighted by atomic mass is 32.2. The Morgan fingerprint density at radius 2 is 2.37 bits per heavy atom. The summed E-state index contributed by atoms with van der Waals surface area (Å²) in [6.45, 7) is 2.33. The lowest BCUT2D eigenvalue weighted by Gasteiger charge is -2.04. The highest BCUT2D eigenvalue weighted by Gasteiger charge is 2.10. The summed E-state index contributed by atoms with van der Waals surface area (Å²) in [7, 11) is -3.50. The summed E-state index contributed by atoms with van der Waals surface area (Å²) in [4.78, 5) is 3.97. The quantitative estimate of drug-likeness (QED) is 0.408. The molecule has 0 spiro atoms. The fraction of sp³-hybridized carbons (Fsp3) is 0.500. The second-order valence-corrected chi connectivity index (χ2v) is 5.08. The minimum Gasteiger partial charge on any atom is -0.483 e. The van der Waals surface area contributed by atoms with Crippen molar-refractivity contribution in [1.82, 2.24) is 9.78 Å². The van der Waals surface area contributed by atoms with Gasteiger partial charge in [-0.1, -0.05) is 0 Å². The Balaban J connectivity index is 2.78. The van der Waals surface area contributed by atoms with E-state index in [1.165, 1.54) is 17.3 Å². The predicted molar refractivity (Wildman–Crippen MR) is 67.5 cm³/mol. The van der Waals surface area contributed by atoms with Crippen molar-refractivity contribution in [3.63, 3.8) is 0 Å². The van der Waals surface area contributed by atoms with E-state index in [1.54, 1.807) is 6.92 Å². The summed E-state index contributed by atoms with van der Waals surface area (Å²) in [5, 5.41) is 12.8. The predicted octanol–water partition coefficient (Wildman–Crippen LogP) is 0.427. The fourth-order valence-corrected chi connectivity index (χ4v) is 1.57. The molecule has 0 amide bonds. The molecule has 0 N–H and O–H groups in total. The average molecular weight is 286 g/mol. The number of hydrogen-bond donors (Lipinski definition) is 0. The molecule has 0 radical (unpaired) electrons. The molecule has 104 valence electrons. The Labute approximate surface area is 111 Å². The molecule has 1 heterocycles. The summed E-state index contributed by atoms with van der Waals surface area (Å²) < 4.78 is 32.6. The topological polar surface area (TPSA) is 107 Å². The molecule has 0 fully saturated rings. The zero-order valence-corrected chi connectivity index (χ0v) is 11.4. The van der Waals surface area contributed by atoms with Crippen LogP contribution >= 0.6 is 0 Å². The van der Waals surface area contributed by atoms with Crippen LogP contribution in [-0.4, -0.2) is 44.1 Å². The molecule has 0 saturated carbocycles. The largest absolute Gasteiger partial charge is 0.483 e. The molecule has 0 atom stereocenters. The SMILES string of the molecule is CCO/C=N/c1c(C#N)cnn1CCOS(C)(=O)=O. The van der Waals surface area contributed by atoms with Crippen molar-refractivity contribution >= 4 is 22.3 Å². The third-order valence-corrected chi connectivity index (χ3v) is 2.54. The van der Waals surface area contributed by atoms with Crippen LogP contribution in [0, 0.1) is 11.3 Å². The van der Waals surface area contributed by atoms with Crippen LogP contribution in [0.3, 0.4) is 0 Å². The Kier molecular flexibility index (Phi) is 5.47. The molecule has 1 aromatic heterocycles. The minimum absolute atomic E-state index is 0.0808. The number of nitrogens with zero attached hydrogens (tertiary/aromatic N) is 4. The third-order valence-electron chi connectivity index (χ3n) is 1.95. The second-order valence-electron chi connectivity index (χ2n) is 3.43. The minimum atomic E-state index is -3.50. The van der Waals surface area contributed by atoms with Gasteiger partial charge in [-0.15, -0.1) is 0 Å². The van der Waals surface area contributed by atoms with Crippen molar-refractivity contribution in [2.75, 3.05) is 19.5 Å². The number of aliphatic imine (C=N–C) groups is 1. The molecule has 0 aromatic carbocycles. The van der Waals surface area contributed by atoms with Crippen LogP contribution in [-0.2, 0) is 25.6 Å². The maximum absolute atomic E-state index is 10.8. The first-order valence-corrected chi connectivity index (χ1v) is 7.24. The zero-order valence-electron chi connectivity index (χ0n) is 10.6. The van der Waals surface area contributed by atoms with Gasteiger partial charge in [-0.25, -0.2) is 4.68 Å². The molecule has 0 aliphatic heterocycles. The van der Waals surface area contributed by atoms with Crippen molar-refractivity contribution in [3.8, 4) is 6.07 Å². The van der Waals surface area contributed by atoms with Crippen molar-refractivity contribution < 1.29 is 17.3 Å². The van der Waals surface area contributed by atoms with Crippen LogP contribution < -0.4 is 0 Å². The summed E-state index contributed by atoms with van der Waals surface area (Å²) in [6, 6.07) is 1.94. The van der Waals surface area contributed by atoms with Gasteiger partial charge in [0, 0.05) is 0 Å². The maximum Gasteiger partial charge on any atom is 0.264 e. The van der Waals surface area contributed by atoms with Crippen molar-refractivity contribution in [3.05, 3.63) is 11.8 Å². The molecule has 0 aliphatic carbocycles. The lowest BCUT2D eigenvalue weighted by atomic mass is 10.4. The summed E-state index contributed by atoms with van der Waals surface area (Å²) in [5.41, 5.74) is 0.273. The van der Waals surface area contributed by atoms with Gasteiger partial charge in [-0.05, 0) is 6.92 Å². The standard InChI is InChI=1S/C10H14N4O4S/c1-3-17-8-12-10-9(6-11)7-13-14(10)4-5-18-19(2,15)16/h7-8H,3-5H2,1-2H3/b12-8+. The van der Waals surface area contributed by atoms with Crippen molar-refractivity contribution in [1.29, 1.82) is 5.26 Å². The monoisotopic (exact) mass is 286 g/mol. The Morgan fingerprint density at radius 3 is 2.95 bits per heavy atom.